The van der Waals surface area contributed by atoms with Crippen LogP contribution in [0.1, 0.15) is 17.2 Å². The molecule has 0 saturated heterocycles. The average Bonchev–Trinajstić information content (AvgIpc) is 2.57. The molecule has 0 amide bonds. The maximum atomic E-state index is 9.57. The summed E-state index contributed by atoms with van der Waals surface area (Å²) in [4.78, 5) is 0. The summed E-state index contributed by atoms with van der Waals surface area (Å²) in [5.41, 5.74) is 1.91. The third kappa shape index (κ3) is 3.71. The van der Waals surface area contributed by atoms with E-state index in [4.69, 9.17) is 21.1 Å². The van der Waals surface area contributed by atoms with Crippen LogP contribution in [0.4, 0.5) is 0 Å². The first kappa shape index (κ1) is 16.6. The fourth-order valence-electron chi connectivity index (χ4n) is 2.27. The van der Waals surface area contributed by atoms with Crippen molar-refractivity contribution in [3.8, 4) is 11.5 Å². The Morgan fingerprint density at radius 1 is 1.09 bits per heavy atom. The third-order valence-corrected chi connectivity index (χ3v) is 3.90. The van der Waals surface area contributed by atoms with Crippen LogP contribution in [-0.2, 0) is 6.54 Å². The Morgan fingerprint density at radius 3 is 2.41 bits per heavy atom. The molecule has 0 aliphatic heterocycles. The highest BCUT2D eigenvalue weighted by molar-refractivity contribution is 6.33. The highest BCUT2D eigenvalue weighted by Gasteiger charge is 2.15. The van der Waals surface area contributed by atoms with Gasteiger partial charge in [-0.1, -0.05) is 48.0 Å². The molecule has 1 atom stereocenters. The van der Waals surface area contributed by atoms with E-state index in [0.717, 1.165) is 11.1 Å². The smallest absolute Gasteiger partial charge is 0.179 e. The van der Waals surface area contributed by atoms with Crippen LogP contribution in [0.5, 0.6) is 11.5 Å². The number of benzene rings is 2. The number of halogens is 1. The van der Waals surface area contributed by atoms with E-state index >= 15 is 0 Å². The van der Waals surface area contributed by atoms with Crippen molar-refractivity contribution < 1.29 is 14.6 Å². The zero-order valence-corrected chi connectivity index (χ0v) is 13.4. The van der Waals surface area contributed by atoms with Crippen molar-refractivity contribution in [2.75, 3.05) is 20.8 Å². The molecule has 22 heavy (non-hydrogen) atoms. The normalized spacial score (nSPS) is 12.0. The first-order chi connectivity index (χ1) is 10.7. The fraction of sp³-hybridized carbons (Fsp3) is 0.294. The molecule has 0 aromatic heterocycles. The van der Waals surface area contributed by atoms with E-state index in [-0.39, 0.29) is 12.6 Å². The molecule has 0 spiro atoms. The molecule has 0 saturated carbocycles. The summed E-state index contributed by atoms with van der Waals surface area (Å²) in [7, 11) is 3.13. The maximum absolute atomic E-state index is 9.57. The van der Waals surface area contributed by atoms with Crippen molar-refractivity contribution in [1.82, 2.24) is 5.32 Å². The van der Waals surface area contributed by atoms with Crippen molar-refractivity contribution in [3.63, 3.8) is 0 Å². The van der Waals surface area contributed by atoms with E-state index in [0.29, 0.717) is 23.1 Å². The quantitative estimate of drug-likeness (QED) is 0.822. The number of hydrogen-bond acceptors (Lipinski definition) is 4. The molecule has 2 rings (SSSR count). The zero-order chi connectivity index (χ0) is 15.9. The van der Waals surface area contributed by atoms with Gasteiger partial charge in [0.05, 0.1) is 31.9 Å². The molecule has 0 fully saturated rings. The highest BCUT2D eigenvalue weighted by atomic mass is 35.5. The van der Waals surface area contributed by atoms with Crippen LogP contribution in [0.15, 0.2) is 42.5 Å². The molecule has 0 radical (unpaired) electrons. The highest BCUT2D eigenvalue weighted by Crippen LogP contribution is 2.37. The molecule has 5 heteroatoms. The van der Waals surface area contributed by atoms with Gasteiger partial charge in [-0.05, 0) is 17.2 Å². The van der Waals surface area contributed by atoms with Crippen molar-refractivity contribution >= 4 is 11.6 Å². The minimum Gasteiger partial charge on any atom is -0.493 e. The number of rotatable bonds is 7. The Morgan fingerprint density at radius 2 is 1.82 bits per heavy atom. The monoisotopic (exact) mass is 321 g/mol. The van der Waals surface area contributed by atoms with Gasteiger partial charge in [0.15, 0.2) is 11.5 Å². The Kier molecular flexibility index (Phi) is 6.07. The Balaban J connectivity index is 2.14. The molecule has 118 valence electrons. The SMILES string of the molecule is COc1ccc(CN[C@H](CO)c2ccccc2)c(Cl)c1OC. The standard InChI is InChI=1S/C17H20ClNO3/c1-21-15-9-8-13(16(18)17(15)22-2)10-19-14(11-20)12-6-4-3-5-7-12/h3-9,14,19-20H,10-11H2,1-2H3/t14-/m1/s1. The number of hydrogen-bond donors (Lipinski definition) is 2. The summed E-state index contributed by atoms with van der Waals surface area (Å²) >= 11 is 6.36. The van der Waals surface area contributed by atoms with Crippen LogP contribution >= 0.6 is 11.6 Å². The molecule has 0 heterocycles. The summed E-state index contributed by atoms with van der Waals surface area (Å²) in [5.74, 6) is 1.11. The number of aliphatic hydroxyl groups is 1. The van der Waals surface area contributed by atoms with Crippen LogP contribution in [0.3, 0.4) is 0 Å². The molecule has 2 N–H and O–H groups in total. The van der Waals surface area contributed by atoms with Crippen molar-refractivity contribution in [1.29, 1.82) is 0 Å². The predicted octanol–water partition coefficient (Wildman–Crippen LogP) is 3.18. The van der Waals surface area contributed by atoms with Gasteiger partial charge in [0.2, 0.25) is 0 Å². The van der Waals surface area contributed by atoms with Gasteiger partial charge < -0.3 is 19.9 Å². The van der Waals surface area contributed by atoms with Gasteiger partial charge in [0.1, 0.15) is 0 Å². The van der Waals surface area contributed by atoms with Gasteiger partial charge in [0.25, 0.3) is 0 Å². The van der Waals surface area contributed by atoms with Crippen LogP contribution in [-0.4, -0.2) is 25.9 Å². The second kappa shape index (κ2) is 8.03. The summed E-state index contributed by atoms with van der Waals surface area (Å²) in [6.45, 7) is 0.522. The van der Waals surface area contributed by atoms with Gasteiger partial charge in [-0.25, -0.2) is 0 Å². The minimum absolute atomic E-state index is 0.00885. The van der Waals surface area contributed by atoms with E-state index in [1.54, 1.807) is 14.2 Å². The number of methoxy groups -OCH3 is 2. The fourth-order valence-corrected chi connectivity index (χ4v) is 2.57. The lowest BCUT2D eigenvalue weighted by molar-refractivity contribution is 0.243. The number of nitrogens with one attached hydrogen (secondary N) is 1. The second-order valence-electron chi connectivity index (χ2n) is 4.80. The lowest BCUT2D eigenvalue weighted by atomic mass is 10.1. The van der Waals surface area contributed by atoms with Crippen molar-refractivity contribution in [2.45, 2.75) is 12.6 Å². The first-order valence-corrected chi connectivity index (χ1v) is 7.37. The van der Waals surface area contributed by atoms with Crippen LogP contribution in [0.25, 0.3) is 0 Å². The Labute approximate surface area is 135 Å². The molecule has 2 aromatic rings. The predicted molar refractivity (Wildman–Crippen MR) is 87.7 cm³/mol. The molecule has 0 aliphatic rings. The molecular formula is C17H20ClNO3. The zero-order valence-electron chi connectivity index (χ0n) is 12.7. The van der Waals surface area contributed by atoms with Gasteiger partial charge >= 0.3 is 0 Å². The lowest BCUT2D eigenvalue weighted by Crippen LogP contribution is -2.24. The molecule has 4 nitrogen and oxygen atoms in total. The average molecular weight is 322 g/mol. The first-order valence-electron chi connectivity index (χ1n) is 6.99. The van der Waals surface area contributed by atoms with Crippen molar-refractivity contribution in [3.05, 3.63) is 58.6 Å². The van der Waals surface area contributed by atoms with E-state index < -0.39 is 0 Å². The molecular weight excluding hydrogens is 302 g/mol. The summed E-state index contributed by atoms with van der Waals surface area (Å²) in [6.07, 6.45) is 0. The minimum atomic E-state index is -0.148. The third-order valence-electron chi connectivity index (χ3n) is 3.49. The van der Waals surface area contributed by atoms with E-state index in [9.17, 15) is 5.11 Å². The van der Waals surface area contributed by atoms with E-state index in [1.807, 2.05) is 42.5 Å². The summed E-state index contributed by atoms with van der Waals surface area (Å²) in [6, 6.07) is 13.3. The Hall–Kier alpha value is -1.75. The second-order valence-corrected chi connectivity index (χ2v) is 5.18. The molecule has 0 bridgehead atoms. The topological polar surface area (TPSA) is 50.7 Å². The van der Waals surface area contributed by atoms with Crippen LogP contribution in [0, 0.1) is 0 Å². The van der Waals surface area contributed by atoms with Gasteiger partial charge in [-0.15, -0.1) is 0 Å². The van der Waals surface area contributed by atoms with Crippen molar-refractivity contribution in [2.24, 2.45) is 0 Å². The summed E-state index contributed by atoms with van der Waals surface area (Å²) in [5, 5.41) is 13.4. The molecule has 0 unspecified atom stereocenters. The van der Waals surface area contributed by atoms with Crippen LogP contribution < -0.4 is 14.8 Å². The Bertz CT molecular complexity index is 604. The lowest BCUT2D eigenvalue weighted by Gasteiger charge is -2.18. The number of ether oxygens (including phenoxy) is 2. The number of aliphatic hydroxyl groups excluding tert-OH is 1. The van der Waals surface area contributed by atoms with E-state index in [2.05, 4.69) is 5.32 Å². The van der Waals surface area contributed by atoms with Gasteiger partial charge in [0, 0.05) is 6.54 Å². The molecule has 2 aromatic carbocycles. The van der Waals surface area contributed by atoms with Crippen LogP contribution in [0.2, 0.25) is 5.02 Å². The van der Waals surface area contributed by atoms with Gasteiger partial charge in [-0.3, -0.25) is 0 Å². The maximum Gasteiger partial charge on any atom is 0.179 e. The largest absolute Gasteiger partial charge is 0.493 e. The summed E-state index contributed by atoms with van der Waals surface area (Å²) < 4.78 is 10.5. The van der Waals surface area contributed by atoms with E-state index in [1.165, 1.54) is 0 Å². The molecule has 0 aliphatic carbocycles. The van der Waals surface area contributed by atoms with Gasteiger partial charge in [-0.2, -0.15) is 0 Å².